The molecule has 0 radical (unpaired) electrons. The van der Waals surface area contributed by atoms with Crippen molar-refractivity contribution in [3.63, 3.8) is 0 Å². The fourth-order valence-corrected chi connectivity index (χ4v) is 2.61. The molecule has 2 aromatic carbocycles. The van der Waals surface area contributed by atoms with Crippen molar-refractivity contribution in [1.82, 2.24) is 0 Å². The van der Waals surface area contributed by atoms with Gasteiger partial charge in [0.25, 0.3) is 0 Å². The maximum atomic E-state index is 11.3. The average molecular weight is 294 g/mol. The molecule has 112 valence electrons. The van der Waals surface area contributed by atoms with E-state index in [2.05, 4.69) is 12.1 Å². The summed E-state index contributed by atoms with van der Waals surface area (Å²) in [5, 5.41) is 0. The second-order valence-corrected chi connectivity index (χ2v) is 5.19. The lowest BCUT2D eigenvalue weighted by Crippen LogP contribution is -2.02. The molecule has 3 rings (SSSR count). The molecule has 0 N–H and O–H groups in total. The summed E-state index contributed by atoms with van der Waals surface area (Å²) in [5.41, 5.74) is 4.11. The van der Waals surface area contributed by atoms with E-state index in [1.807, 2.05) is 42.5 Å². The molecule has 3 heteroatoms. The molecular formula is C19H18O3. The number of carbonyl (C=O) groups is 1. The Bertz CT molecular complexity index is 683. The van der Waals surface area contributed by atoms with Crippen LogP contribution in [0.2, 0.25) is 0 Å². The number of ether oxygens (including phenoxy) is 2. The third-order valence-corrected chi connectivity index (χ3v) is 3.56. The van der Waals surface area contributed by atoms with Crippen LogP contribution in [0.5, 0.6) is 0 Å². The molecule has 0 spiro atoms. The van der Waals surface area contributed by atoms with Crippen LogP contribution >= 0.6 is 0 Å². The molecule has 1 fully saturated rings. The summed E-state index contributed by atoms with van der Waals surface area (Å²) >= 11 is 0. The predicted octanol–water partition coefficient (Wildman–Crippen LogP) is 4.00. The van der Waals surface area contributed by atoms with Crippen LogP contribution in [0.3, 0.4) is 0 Å². The van der Waals surface area contributed by atoms with Gasteiger partial charge in [0.2, 0.25) is 0 Å². The van der Waals surface area contributed by atoms with Gasteiger partial charge >= 0.3 is 0 Å². The lowest BCUT2D eigenvalue weighted by Gasteiger charge is -2.17. The summed E-state index contributed by atoms with van der Waals surface area (Å²) < 4.78 is 11.3. The van der Waals surface area contributed by atoms with Crippen LogP contribution in [-0.2, 0) is 14.3 Å². The van der Waals surface area contributed by atoms with Crippen LogP contribution in [0.15, 0.2) is 54.6 Å². The van der Waals surface area contributed by atoms with Crippen LogP contribution in [0.4, 0.5) is 0 Å². The van der Waals surface area contributed by atoms with Gasteiger partial charge in [0.15, 0.2) is 12.1 Å². The smallest absolute Gasteiger partial charge is 0.184 e. The highest BCUT2D eigenvalue weighted by Crippen LogP contribution is 2.35. The monoisotopic (exact) mass is 294 g/mol. The minimum atomic E-state index is -0.346. The minimum absolute atomic E-state index is 0.0257. The van der Waals surface area contributed by atoms with E-state index < -0.39 is 0 Å². The topological polar surface area (TPSA) is 35.5 Å². The average Bonchev–Trinajstić information content (AvgIpc) is 3.07. The number of carbonyl (C=O) groups excluding carboxylic acids is 1. The number of allylic oxidation sites excluding steroid dienone is 1. The van der Waals surface area contributed by atoms with Crippen molar-refractivity contribution >= 4 is 11.9 Å². The molecule has 1 aliphatic heterocycles. The van der Waals surface area contributed by atoms with E-state index in [1.54, 1.807) is 13.0 Å². The maximum absolute atomic E-state index is 11.3. The van der Waals surface area contributed by atoms with Crippen LogP contribution in [-0.4, -0.2) is 19.0 Å². The van der Waals surface area contributed by atoms with E-state index in [9.17, 15) is 4.79 Å². The molecule has 1 aliphatic rings. The van der Waals surface area contributed by atoms with E-state index in [0.29, 0.717) is 13.2 Å². The maximum Gasteiger partial charge on any atom is 0.184 e. The zero-order valence-corrected chi connectivity index (χ0v) is 12.5. The van der Waals surface area contributed by atoms with Crippen LogP contribution in [0.25, 0.3) is 17.2 Å². The van der Waals surface area contributed by atoms with E-state index in [4.69, 9.17) is 9.47 Å². The van der Waals surface area contributed by atoms with E-state index in [1.165, 1.54) is 0 Å². The number of hydrogen-bond acceptors (Lipinski definition) is 3. The molecule has 0 atom stereocenters. The Morgan fingerprint density at radius 3 is 2.45 bits per heavy atom. The summed E-state index contributed by atoms with van der Waals surface area (Å²) in [6.45, 7) is 2.75. The van der Waals surface area contributed by atoms with Crippen LogP contribution in [0, 0.1) is 0 Å². The van der Waals surface area contributed by atoms with E-state index in [0.717, 1.165) is 22.3 Å². The molecule has 1 saturated heterocycles. The largest absolute Gasteiger partial charge is 0.346 e. The standard InChI is InChI=1S/C19H18O3/c1-14(20)10-11-16-8-5-9-17(19-21-12-13-22-19)18(16)15-6-3-2-4-7-15/h2-11,19H,12-13H2,1H3. The van der Waals surface area contributed by atoms with Gasteiger partial charge in [-0.2, -0.15) is 0 Å². The van der Waals surface area contributed by atoms with Gasteiger partial charge in [-0.05, 0) is 29.7 Å². The van der Waals surface area contributed by atoms with Crippen molar-refractivity contribution in [2.75, 3.05) is 13.2 Å². The zero-order chi connectivity index (χ0) is 15.4. The highest BCUT2D eigenvalue weighted by molar-refractivity contribution is 5.93. The number of ketones is 1. The molecule has 0 amide bonds. The highest BCUT2D eigenvalue weighted by atomic mass is 16.7. The first-order chi connectivity index (χ1) is 10.8. The fraction of sp³-hybridized carbons (Fsp3) is 0.211. The van der Waals surface area contributed by atoms with Crippen molar-refractivity contribution in [3.05, 3.63) is 65.7 Å². The van der Waals surface area contributed by atoms with Gasteiger partial charge < -0.3 is 9.47 Å². The molecule has 1 heterocycles. The fourth-order valence-electron chi connectivity index (χ4n) is 2.61. The molecule has 2 aromatic rings. The van der Waals surface area contributed by atoms with Gasteiger partial charge in [0, 0.05) is 5.56 Å². The predicted molar refractivity (Wildman–Crippen MR) is 86.2 cm³/mol. The Morgan fingerprint density at radius 1 is 1.05 bits per heavy atom. The Labute approximate surface area is 130 Å². The molecule has 0 bridgehead atoms. The molecule has 0 aromatic heterocycles. The first-order valence-corrected chi connectivity index (χ1v) is 7.36. The Kier molecular flexibility index (Phi) is 4.47. The van der Waals surface area contributed by atoms with Crippen LogP contribution < -0.4 is 0 Å². The second kappa shape index (κ2) is 6.69. The molecule has 3 nitrogen and oxygen atoms in total. The van der Waals surface area contributed by atoms with Gasteiger partial charge in [-0.15, -0.1) is 0 Å². The molecular weight excluding hydrogens is 276 g/mol. The molecule has 0 aliphatic carbocycles. The van der Waals surface area contributed by atoms with Gasteiger partial charge in [0.1, 0.15) is 0 Å². The second-order valence-electron chi connectivity index (χ2n) is 5.19. The lowest BCUT2D eigenvalue weighted by atomic mass is 9.93. The van der Waals surface area contributed by atoms with E-state index in [-0.39, 0.29) is 12.1 Å². The van der Waals surface area contributed by atoms with Crippen molar-refractivity contribution in [1.29, 1.82) is 0 Å². The van der Waals surface area contributed by atoms with E-state index >= 15 is 0 Å². The summed E-state index contributed by atoms with van der Waals surface area (Å²) in [4.78, 5) is 11.3. The normalized spacial score (nSPS) is 15.5. The first kappa shape index (κ1) is 14.7. The summed E-state index contributed by atoms with van der Waals surface area (Å²) in [5.74, 6) is 0.0257. The summed E-state index contributed by atoms with van der Waals surface area (Å²) in [6, 6.07) is 16.1. The lowest BCUT2D eigenvalue weighted by molar-refractivity contribution is -0.112. The number of hydrogen-bond donors (Lipinski definition) is 0. The van der Waals surface area contributed by atoms with Crippen molar-refractivity contribution in [3.8, 4) is 11.1 Å². The van der Waals surface area contributed by atoms with Crippen molar-refractivity contribution < 1.29 is 14.3 Å². The van der Waals surface area contributed by atoms with Gasteiger partial charge in [-0.25, -0.2) is 0 Å². The number of benzene rings is 2. The molecule has 0 saturated carbocycles. The number of rotatable bonds is 4. The van der Waals surface area contributed by atoms with Crippen molar-refractivity contribution in [2.24, 2.45) is 0 Å². The Balaban J connectivity index is 2.14. The third-order valence-electron chi connectivity index (χ3n) is 3.56. The summed E-state index contributed by atoms with van der Waals surface area (Å²) in [7, 11) is 0. The zero-order valence-electron chi connectivity index (χ0n) is 12.5. The molecule has 22 heavy (non-hydrogen) atoms. The Hall–Kier alpha value is -2.23. The Morgan fingerprint density at radius 2 is 1.77 bits per heavy atom. The van der Waals surface area contributed by atoms with Crippen molar-refractivity contribution in [2.45, 2.75) is 13.2 Å². The quantitative estimate of drug-likeness (QED) is 0.799. The molecule has 0 unspecified atom stereocenters. The first-order valence-electron chi connectivity index (χ1n) is 7.36. The van der Waals surface area contributed by atoms with Gasteiger partial charge in [-0.1, -0.05) is 54.6 Å². The third kappa shape index (κ3) is 3.16. The van der Waals surface area contributed by atoms with Gasteiger partial charge in [-0.3, -0.25) is 4.79 Å². The summed E-state index contributed by atoms with van der Waals surface area (Å²) in [6.07, 6.45) is 3.09. The SMILES string of the molecule is CC(=O)C=Cc1cccc(C2OCCO2)c1-c1ccccc1. The highest BCUT2D eigenvalue weighted by Gasteiger charge is 2.23. The van der Waals surface area contributed by atoms with Gasteiger partial charge in [0.05, 0.1) is 13.2 Å². The van der Waals surface area contributed by atoms with Crippen LogP contribution in [0.1, 0.15) is 24.3 Å². The minimum Gasteiger partial charge on any atom is -0.346 e.